The molecule has 0 aromatic rings. The molecule has 2 heterocycles. The molecule has 1 saturated carbocycles. The molecule has 0 aromatic carbocycles. The highest BCUT2D eigenvalue weighted by atomic mass is 35.5. The molecule has 3 rings (SSSR count). The van der Waals surface area contributed by atoms with E-state index in [0.29, 0.717) is 24.8 Å². The first-order valence-electron chi connectivity index (χ1n) is 7.52. The molecule has 2 saturated heterocycles. The van der Waals surface area contributed by atoms with Gasteiger partial charge in [0.05, 0.1) is 6.04 Å². The Kier molecular flexibility index (Phi) is 5.27. The SMILES string of the molecule is Cl.O=C(CCC1CCNC1)NC1CC(=O)N(C2CC2)C1. The van der Waals surface area contributed by atoms with Crippen LogP contribution < -0.4 is 10.6 Å². The number of nitrogens with zero attached hydrogens (tertiary/aromatic N) is 1. The first-order valence-corrected chi connectivity index (χ1v) is 7.52. The van der Waals surface area contributed by atoms with Crippen LogP contribution in [0.5, 0.6) is 0 Å². The highest BCUT2D eigenvalue weighted by Crippen LogP contribution is 2.30. The minimum Gasteiger partial charge on any atom is -0.351 e. The number of carbonyl (C=O) groups excluding carboxylic acids is 2. The zero-order valence-corrected chi connectivity index (χ0v) is 12.6. The molecule has 0 aromatic heterocycles. The Morgan fingerprint density at radius 1 is 1.35 bits per heavy atom. The zero-order chi connectivity index (χ0) is 13.2. The van der Waals surface area contributed by atoms with Gasteiger partial charge in [-0.2, -0.15) is 0 Å². The molecule has 0 bridgehead atoms. The van der Waals surface area contributed by atoms with Gasteiger partial charge in [0, 0.05) is 25.4 Å². The number of rotatable bonds is 5. The van der Waals surface area contributed by atoms with Gasteiger partial charge in [0.15, 0.2) is 0 Å². The average molecular weight is 302 g/mol. The van der Waals surface area contributed by atoms with Crippen LogP contribution in [-0.4, -0.2) is 48.4 Å². The summed E-state index contributed by atoms with van der Waals surface area (Å²) in [6.07, 6.45) is 5.52. The summed E-state index contributed by atoms with van der Waals surface area (Å²) in [6.45, 7) is 2.85. The van der Waals surface area contributed by atoms with Gasteiger partial charge >= 0.3 is 0 Å². The second-order valence-electron chi connectivity index (χ2n) is 6.14. The lowest BCUT2D eigenvalue weighted by atomic mass is 10.0. The number of halogens is 1. The second kappa shape index (κ2) is 6.76. The van der Waals surface area contributed by atoms with E-state index in [1.165, 1.54) is 6.42 Å². The quantitative estimate of drug-likeness (QED) is 0.785. The van der Waals surface area contributed by atoms with Crippen molar-refractivity contribution in [2.75, 3.05) is 19.6 Å². The van der Waals surface area contributed by atoms with Gasteiger partial charge in [-0.1, -0.05) is 0 Å². The van der Waals surface area contributed by atoms with Crippen molar-refractivity contribution in [1.82, 2.24) is 15.5 Å². The monoisotopic (exact) mass is 301 g/mol. The van der Waals surface area contributed by atoms with Crippen molar-refractivity contribution in [2.45, 2.75) is 50.6 Å². The average Bonchev–Trinajstić information content (AvgIpc) is 2.96. The van der Waals surface area contributed by atoms with Gasteiger partial charge in [-0.15, -0.1) is 12.4 Å². The van der Waals surface area contributed by atoms with Crippen LogP contribution >= 0.6 is 12.4 Å². The first-order chi connectivity index (χ1) is 9.22. The molecule has 5 nitrogen and oxygen atoms in total. The van der Waals surface area contributed by atoms with Gasteiger partial charge in [-0.3, -0.25) is 9.59 Å². The summed E-state index contributed by atoms with van der Waals surface area (Å²) in [7, 11) is 0. The molecule has 2 aliphatic heterocycles. The third-order valence-corrected chi connectivity index (χ3v) is 4.45. The summed E-state index contributed by atoms with van der Waals surface area (Å²) >= 11 is 0. The van der Waals surface area contributed by atoms with Gasteiger partial charge in [0.1, 0.15) is 0 Å². The first kappa shape index (κ1) is 15.6. The molecule has 2 amide bonds. The number of nitrogens with one attached hydrogen (secondary N) is 2. The van der Waals surface area contributed by atoms with E-state index in [1.807, 2.05) is 4.90 Å². The molecule has 3 aliphatic rings. The van der Waals surface area contributed by atoms with Crippen LogP contribution in [0.4, 0.5) is 0 Å². The number of amides is 2. The van der Waals surface area contributed by atoms with Crippen LogP contribution in [0.1, 0.15) is 38.5 Å². The van der Waals surface area contributed by atoms with Crippen molar-refractivity contribution in [1.29, 1.82) is 0 Å². The van der Waals surface area contributed by atoms with Crippen LogP contribution in [0, 0.1) is 5.92 Å². The Labute approximate surface area is 126 Å². The summed E-state index contributed by atoms with van der Waals surface area (Å²) < 4.78 is 0. The van der Waals surface area contributed by atoms with Crippen molar-refractivity contribution in [3.63, 3.8) is 0 Å². The standard InChI is InChI=1S/C14H23N3O2.ClH/c18-13(4-1-10-5-6-15-8-10)16-11-7-14(19)17(9-11)12-2-3-12;/h10-12,15H,1-9H2,(H,16,18);1H. The molecule has 0 spiro atoms. The molecule has 114 valence electrons. The minimum atomic E-state index is 0. The summed E-state index contributed by atoms with van der Waals surface area (Å²) in [5.41, 5.74) is 0. The van der Waals surface area contributed by atoms with E-state index in [9.17, 15) is 9.59 Å². The number of hydrogen-bond donors (Lipinski definition) is 2. The highest BCUT2D eigenvalue weighted by Gasteiger charge is 2.39. The molecule has 0 radical (unpaired) electrons. The van der Waals surface area contributed by atoms with Crippen LogP contribution in [-0.2, 0) is 9.59 Å². The summed E-state index contributed by atoms with van der Waals surface area (Å²) in [5.74, 6) is 0.981. The highest BCUT2D eigenvalue weighted by molar-refractivity contribution is 5.85. The molecule has 6 heteroatoms. The van der Waals surface area contributed by atoms with E-state index in [1.54, 1.807) is 0 Å². The normalized spacial score (nSPS) is 29.4. The number of likely N-dealkylation sites (tertiary alicyclic amines) is 1. The molecule has 2 atom stereocenters. The molecule has 20 heavy (non-hydrogen) atoms. The van der Waals surface area contributed by atoms with Gasteiger partial charge in [-0.05, 0) is 44.7 Å². The summed E-state index contributed by atoms with van der Waals surface area (Å²) in [6, 6.07) is 0.515. The summed E-state index contributed by atoms with van der Waals surface area (Å²) in [4.78, 5) is 25.6. The van der Waals surface area contributed by atoms with Gasteiger partial charge in [0.2, 0.25) is 11.8 Å². The third-order valence-electron chi connectivity index (χ3n) is 4.45. The second-order valence-corrected chi connectivity index (χ2v) is 6.14. The third kappa shape index (κ3) is 3.85. The molecule has 3 fully saturated rings. The van der Waals surface area contributed by atoms with Crippen molar-refractivity contribution in [3.8, 4) is 0 Å². The van der Waals surface area contributed by atoms with E-state index < -0.39 is 0 Å². The maximum Gasteiger partial charge on any atom is 0.225 e. The smallest absolute Gasteiger partial charge is 0.225 e. The van der Waals surface area contributed by atoms with E-state index in [2.05, 4.69) is 10.6 Å². The Bertz CT molecular complexity index is 367. The summed E-state index contributed by atoms with van der Waals surface area (Å²) in [5, 5.41) is 6.34. The molecule has 2 unspecified atom stereocenters. The van der Waals surface area contributed by atoms with E-state index >= 15 is 0 Å². The van der Waals surface area contributed by atoms with Crippen molar-refractivity contribution in [2.24, 2.45) is 5.92 Å². The van der Waals surface area contributed by atoms with Gasteiger partial charge < -0.3 is 15.5 Å². The maximum atomic E-state index is 11.9. The van der Waals surface area contributed by atoms with Crippen LogP contribution in [0.25, 0.3) is 0 Å². The van der Waals surface area contributed by atoms with Crippen LogP contribution in [0.3, 0.4) is 0 Å². The number of carbonyl (C=O) groups is 2. The zero-order valence-electron chi connectivity index (χ0n) is 11.8. The van der Waals surface area contributed by atoms with Crippen molar-refractivity contribution in [3.05, 3.63) is 0 Å². The molecule has 1 aliphatic carbocycles. The topological polar surface area (TPSA) is 61.4 Å². The van der Waals surface area contributed by atoms with E-state index in [-0.39, 0.29) is 30.3 Å². The van der Waals surface area contributed by atoms with Crippen LogP contribution in [0.2, 0.25) is 0 Å². The minimum absolute atomic E-state index is 0. The predicted octanol–water partition coefficient (Wildman–Crippen LogP) is 0.677. The Balaban J connectivity index is 0.00000147. The Hall–Kier alpha value is -0.810. The predicted molar refractivity (Wildman–Crippen MR) is 78.7 cm³/mol. The maximum absolute atomic E-state index is 11.9. The van der Waals surface area contributed by atoms with Crippen molar-refractivity contribution < 1.29 is 9.59 Å². The lowest BCUT2D eigenvalue weighted by Gasteiger charge is -2.16. The molecule has 2 N–H and O–H groups in total. The fraction of sp³-hybridized carbons (Fsp3) is 0.857. The Morgan fingerprint density at radius 3 is 2.80 bits per heavy atom. The van der Waals surface area contributed by atoms with Crippen molar-refractivity contribution >= 4 is 24.2 Å². The van der Waals surface area contributed by atoms with E-state index in [0.717, 1.165) is 38.9 Å². The molecular weight excluding hydrogens is 278 g/mol. The van der Waals surface area contributed by atoms with E-state index in [4.69, 9.17) is 0 Å². The van der Waals surface area contributed by atoms with Gasteiger partial charge in [0.25, 0.3) is 0 Å². The van der Waals surface area contributed by atoms with Crippen LogP contribution in [0.15, 0.2) is 0 Å². The number of hydrogen-bond acceptors (Lipinski definition) is 3. The fourth-order valence-electron chi connectivity index (χ4n) is 3.16. The lowest BCUT2D eigenvalue weighted by Crippen LogP contribution is -2.37. The Morgan fingerprint density at radius 2 is 2.15 bits per heavy atom. The lowest BCUT2D eigenvalue weighted by molar-refractivity contribution is -0.128. The fourth-order valence-corrected chi connectivity index (χ4v) is 3.16. The molecular formula is C14H24ClN3O2. The largest absolute Gasteiger partial charge is 0.351 e. The van der Waals surface area contributed by atoms with Gasteiger partial charge in [-0.25, -0.2) is 0 Å².